The van der Waals surface area contributed by atoms with Crippen LogP contribution in [0.1, 0.15) is 27.2 Å². The number of pyridine rings is 1. The molecule has 0 aliphatic rings. The average molecular weight is 376 g/mol. The highest BCUT2D eigenvalue weighted by atomic mass is 16.1. The van der Waals surface area contributed by atoms with E-state index in [1.807, 2.05) is 48.5 Å². The van der Waals surface area contributed by atoms with E-state index >= 15 is 0 Å². The fourth-order valence-electron chi connectivity index (χ4n) is 4.05. The molecule has 3 nitrogen and oxygen atoms in total. The molecular weight excluding hydrogens is 356 g/mol. The van der Waals surface area contributed by atoms with Crippen LogP contribution in [0.5, 0.6) is 0 Å². The number of ketones is 1. The van der Waals surface area contributed by atoms with Crippen molar-refractivity contribution in [2.24, 2.45) is 0 Å². The van der Waals surface area contributed by atoms with Gasteiger partial charge in [0.25, 0.3) is 0 Å². The lowest BCUT2D eigenvalue weighted by Crippen LogP contribution is -2.08. The molecule has 3 aromatic carbocycles. The van der Waals surface area contributed by atoms with Crippen molar-refractivity contribution in [2.75, 3.05) is 0 Å². The standard InChI is InChI=1S/C26H20N2O/c1-18-8-7-9-19(16-18)17-28-23-13-6-5-12-21(23)22-14-15-27-24(25(22)28)26(29)20-10-3-2-4-11-20/h2-16H,17H2,1H3. The van der Waals surface area contributed by atoms with Gasteiger partial charge in [0.2, 0.25) is 5.78 Å². The number of nitrogens with zero attached hydrogens (tertiary/aromatic N) is 2. The minimum atomic E-state index is -0.0514. The predicted molar refractivity (Wildman–Crippen MR) is 117 cm³/mol. The summed E-state index contributed by atoms with van der Waals surface area (Å²) in [6.07, 6.45) is 1.74. The zero-order valence-corrected chi connectivity index (χ0v) is 16.2. The monoisotopic (exact) mass is 376 g/mol. The maximum atomic E-state index is 13.3. The van der Waals surface area contributed by atoms with E-state index in [-0.39, 0.29) is 5.78 Å². The molecule has 5 rings (SSSR count). The Morgan fingerprint density at radius 2 is 1.66 bits per heavy atom. The van der Waals surface area contributed by atoms with Gasteiger partial charge in [0, 0.05) is 34.6 Å². The highest BCUT2D eigenvalue weighted by Gasteiger charge is 2.20. The highest BCUT2D eigenvalue weighted by molar-refractivity contribution is 6.19. The number of benzene rings is 3. The number of hydrogen-bond donors (Lipinski definition) is 0. The highest BCUT2D eigenvalue weighted by Crippen LogP contribution is 2.32. The van der Waals surface area contributed by atoms with Crippen LogP contribution >= 0.6 is 0 Å². The van der Waals surface area contributed by atoms with Crippen molar-refractivity contribution < 1.29 is 4.79 Å². The van der Waals surface area contributed by atoms with Gasteiger partial charge >= 0.3 is 0 Å². The first-order valence-corrected chi connectivity index (χ1v) is 9.73. The van der Waals surface area contributed by atoms with Gasteiger partial charge in [-0.3, -0.25) is 9.78 Å². The number of hydrogen-bond acceptors (Lipinski definition) is 2. The molecule has 0 bridgehead atoms. The topological polar surface area (TPSA) is 34.9 Å². The number of fused-ring (bicyclic) bond motifs is 3. The van der Waals surface area contributed by atoms with Gasteiger partial charge in [-0.1, -0.05) is 78.4 Å². The van der Waals surface area contributed by atoms with E-state index in [2.05, 4.69) is 52.9 Å². The molecule has 0 saturated carbocycles. The molecule has 0 N–H and O–H groups in total. The summed E-state index contributed by atoms with van der Waals surface area (Å²) in [6.45, 7) is 2.79. The molecule has 2 aromatic heterocycles. The zero-order chi connectivity index (χ0) is 19.8. The molecule has 140 valence electrons. The van der Waals surface area contributed by atoms with Crippen LogP contribution in [0.15, 0.2) is 91.1 Å². The van der Waals surface area contributed by atoms with Gasteiger partial charge in [-0.25, -0.2) is 0 Å². The first-order valence-electron chi connectivity index (χ1n) is 9.73. The summed E-state index contributed by atoms with van der Waals surface area (Å²) in [7, 11) is 0. The van der Waals surface area contributed by atoms with Crippen LogP contribution in [0.25, 0.3) is 21.8 Å². The Morgan fingerprint density at radius 3 is 2.48 bits per heavy atom. The molecule has 0 aliphatic heterocycles. The summed E-state index contributed by atoms with van der Waals surface area (Å²) >= 11 is 0. The third-order valence-electron chi connectivity index (χ3n) is 5.35. The Labute approximate surface area is 169 Å². The van der Waals surface area contributed by atoms with E-state index in [1.165, 1.54) is 11.1 Å². The molecule has 0 saturated heterocycles. The molecule has 0 radical (unpaired) electrons. The van der Waals surface area contributed by atoms with E-state index in [9.17, 15) is 4.79 Å². The molecule has 0 fully saturated rings. The Balaban J connectivity index is 1.79. The molecule has 0 spiro atoms. The largest absolute Gasteiger partial charge is 0.334 e. The Morgan fingerprint density at radius 1 is 0.862 bits per heavy atom. The molecule has 5 aromatic rings. The Kier molecular flexibility index (Phi) is 4.21. The second-order valence-electron chi connectivity index (χ2n) is 7.34. The number of carbonyl (C=O) groups excluding carboxylic acids is 1. The predicted octanol–water partition coefficient (Wildman–Crippen LogP) is 5.78. The van der Waals surface area contributed by atoms with Crippen LogP contribution in [0.4, 0.5) is 0 Å². The first-order chi connectivity index (χ1) is 14.2. The van der Waals surface area contributed by atoms with Gasteiger partial charge in [0.1, 0.15) is 5.69 Å². The number of para-hydroxylation sites is 1. The lowest BCUT2D eigenvalue weighted by Gasteiger charge is -2.11. The third kappa shape index (κ3) is 3.01. The molecule has 2 heterocycles. The van der Waals surface area contributed by atoms with Crippen molar-refractivity contribution in [2.45, 2.75) is 13.5 Å². The van der Waals surface area contributed by atoms with Crippen LogP contribution in [-0.2, 0) is 6.54 Å². The summed E-state index contributed by atoms with van der Waals surface area (Å²) < 4.78 is 2.22. The van der Waals surface area contributed by atoms with Gasteiger partial charge < -0.3 is 4.57 Å². The maximum Gasteiger partial charge on any atom is 0.213 e. The summed E-state index contributed by atoms with van der Waals surface area (Å²) in [5, 5.41) is 2.20. The number of carbonyl (C=O) groups is 1. The molecule has 0 atom stereocenters. The fraction of sp³-hybridized carbons (Fsp3) is 0.0769. The van der Waals surface area contributed by atoms with Gasteiger partial charge in [0.05, 0.1) is 5.52 Å². The normalized spacial score (nSPS) is 11.2. The smallest absolute Gasteiger partial charge is 0.213 e. The number of rotatable bonds is 4. The van der Waals surface area contributed by atoms with Crippen LogP contribution in [0.3, 0.4) is 0 Å². The van der Waals surface area contributed by atoms with Gasteiger partial charge in [-0.2, -0.15) is 0 Å². The average Bonchev–Trinajstić information content (AvgIpc) is 3.08. The summed E-state index contributed by atoms with van der Waals surface area (Å²) in [5.41, 5.74) is 5.58. The molecule has 0 amide bonds. The van der Waals surface area contributed by atoms with Crippen LogP contribution < -0.4 is 0 Å². The number of aryl methyl sites for hydroxylation is 1. The van der Waals surface area contributed by atoms with Crippen molar-refractivity contribution in [3.8, 4) is 0 Å². The lowest BCUT2D eigenvalue weighted by atomic mass is 10.1. The zero-order valence-electron chi connectivity index (χ0n) is 16.2. The van der Waals surface area contributed by atoms with E-state index in [1.54, 1.807) is 6.20 Å². The SMILES string of the molecule is Cc1cccc(Cn2c3ccccc3c3ccnc(C(=O)c4ccccc4)c32)c1. The second kappa shape index (κ2) is 7.02. The van der Waals surface area contributed by atoms with Crippen molar-refractivity contribution in [3.63, 3.8) is 0 Å². The molecule has 0 unspecified atom stereocenters. The Hall–Kier alpha value is -3.72. The quantitative estimate of drug-likeness (QED) is 0.373. The van der Waals surface area contributed by atoms with Gasteiger partial charge in [-0.15, -0.1) is 0 Å². The van der Waals surface area contributed by atoms with Crippen LogP contribution in [-0.4, -0.2) is 15.3 Å². The minimum Gasteiger partial charge on any atom is -0.334 e. The summed E-state index contributed by atoms with van der Waals surface area (Å²) in [4.78, 5) is 17.8. The summed E-state index contributed by atoms with van der Waals surface area (Å²) in [5.74, 6) is -0.0514. The second-order valence-corrected chi connectivity index (χ2v) is 7.34. The molecule has 0 aliphatic carbocycles. The minimum absolute atomic E-state index is 0.0514. The fourth-order valence-corrected chi connectivity index (χ4v) is 4.05. The summed E-state index contributed by atoms with van der Waals surface area (Å²) in [6, 6.07) is 28.2. The van der Waals surface area contributed by atoms with Crippen molar-refractivity contribution in [1.29, 1.82) is 0 Å². The first kappa shape index (κ1) is 17.4. The maximum absolute atomic E-state index is 13.3. The van der Waals surface area contributed by atoms with Crippen molar-refractivity contribution in [1.82, 2.24) is 9.55 Å². The van der Waals surface area contributed by atoms with Gasteiger partial charge in [-0.05, 0) is 24.6 Å². The Bertz CT molecular complexity index is 1350. The van der Waals surface area contributed by atoms with E-state index in [4.69, 9.17) is 0 Å². The molecule has 3 heteroatoms. The molecular formula is C26H20N2O. The van der Waals surface area contributed by atoms with E-state index in [0.29, 0.717) is 17.8 Å². The third-order valence-corrected chi connectivity index (χ3v) is 5.35. The van der Waals surface area contributed by atoms with Crippen molar-refractivity contribution in [3.05, 3.63) is 114 Å². The van der Waals surface area contributed by atoms with Crippen molar-refractivity contribution >= 4 is 27.6 Å². The van der Waals surface area contributed by atoms with E-state index < -0.39 is 0 Å². The van der Waals surface area contributed by atoms with Gasteiger partial charge in [0.15, 0.2) is 0 Å². The van der Waals surface area contributed by atoms with E-state index in [0.717, 1.165) is 21.8 Å². The molecule has 29 heavy (non-hydrogen) atoms. The number of aromatic nitrogens is 2. The lowest BCUT2D eigenvalue weighted by molar-refractivity contribution is 0.103. The van der Waals surface area contributed by atoms with Crippen LogP contribution in [0.2, 0.25) is 0 Å². The van der Waals surface area contributed by atoms with Crippen LogP contribution in [0, 0.1) is 6.92 Å².